The number of urea groups is 1. The summed E-state index contributed by atoms with van der Waals surface area (Å²) in [6.45, 7) is 1.37. The Labute approximate surface area is 116 Å². The molecule has 0 radical (unpaired) electrons. The van der Waals surface area contributed by atoms with Crippen molar-refractivity contribution < 1.29 is 19.1 Å². The van der Waals surface area contributed by atoms with E-state index in [4.69, 9.17) is 5.11 Å². The van der Waals surface area contributed by atoms with Gasteiger partial charge in [-0.1, -0.05) is 12.1 Å². The number of carboxylic acid groups (broad SMARTS) is 1. The molecule has 0 bridgehead atoms. The molecule has 108 valence electrons. The highest BCUT2D eigenvalue weighted by Crippen LogP contribution is 2.20. The summed E-state index contributed by atoms with van der Waals surface area (Å²) in [4.78, 5) is 25.8. The van der Waals surface area contributed by atoms with Gasteiger partial charge in [-0.2, -0.15) is 0 Å². The van der Waals surface area contributed by atoms with Crippen LogP contribution in [0.2, 0.25) is 0 Å². The van der Waals surface area contributed by atoms with Crippen LogP contribution < -0.4 is 0 Å². The number of carbonyl (C=O) groups is 2. The van der Waals surface area contributed by atoms with E-state index in [1.165, 1.54) is 12.1 Å². The van der Waals surface area contributed by atoms with E-state index in [9.17, 15) is 14.0 Å². The molecule has 1 heterocycles. The topological polar surface area (TPSA) is 60.9 Å². The molecule has 20 heavy (non-hydrogen) atoms. The molecule has 1 N–H and O–H groups in total. The number of benzene rings is 1. The maximum atomic E-state index is 12.8. The van der Waals surface area contributed by atoms with Gasteiger partial charge in [-0.25, -0.2) is 9.18 Å². The second-order valence-corrected chi connectivity index (χ2v) is 5.13. The van der Waals surface area contributed by atoms with Crippen LogP contribution in [0.5, 0.6) is 0 Å². The van der Waals surface area contributed by atoms with Crippen LogP contribution in [0, 0.1) is 11.7 Å². The van der Waals surface area contributed by atoms with Crippen LogP contribution in [0.3, 0.4) is 0 Å². The SMILES string of the molecule is CN(Cc1ccc(F)cc1)C(=O)N1CC(CC(=O)O)C1. The molecule has 0 saturated carbocycles. The summed E-state index contributed by atoms with van der Waals surface area (Å²) in [7, 11) is 1.68. The third-order valence-electron chi connectivity index (χ3n) is 3.35. The van der Waals surface area contributed by atoms with Gasteiger partial charge < -0.3 is 14.9 Å². The Hall–Kier alpha value is -2.11. The van der Waals surface area contributed by atoms with Crippen LogP contribution in [0.4, 0.5) is 9.18 Å². The van der Waals surface area contributed by atoms with Gasteiger partial charge in [0.05, 0.1) is 6.42 Å². The van der Waals surface area contributed by atoms with Crippen molar-refractivity contribution in [1.29, 1.82) is 0 Å². The van der Waals surface area contributed by atoms with Crippen LogP contribution in [-0.2, 0) is 11.3 Å². The number of hydrogen-bond acceptors (Lipinski definition) is 2. The molecular formula is C14H17FN2O3. The first kappa shape index (κ1) is 14.3. The minimum Gasteiger partial charge on any atom is -0.481 e. The van der Waals surface area contributed by atoms with Crippen molar-refractivity contribution in [3.63, 3.8) is 0 Å². The first-order valence-corrected chi connectivity index (χ1v) is 6.42. The summed E-state index contributed by atoms with van der Waals surface area (Å²) in [5.74, 6) is -1.08. The fourth-order valence-electron chi connectivity index (χ4n) is 2.27. The molecule has 0 unspecified atom stereocenters. The number of rotatable bonds is 4. The summed E-state index contributed by atoms with van der Waals surface area (Å²) in [5, 5.41) is 8.66. The molecule has 1 aliphatic heterocycles. The Morgan fingerprint density at radius 2 is 1.95 bits per heavy atom. The number of nitrogens with zero attached hydrogens (tertiary/aromatic N) is 2. The van der Waals surface area contributed by atoms with Crippen LogP contribution in [0.1, 0.15) is 12.0 Å². The monoisotopic (exact) mass is 280 g/mol. The van der Waals surface area contributed by atoms with E-state index in [-0.39, 0.29) is 24.2 Å². The summed E-state index contributed by atoms with van der Waals surface area (Å²) in [6.07, 6.45) is 0.103. The van der Waals surface area contributed by atoms with Crippen molar-refractivity contribution in [2.24, 2.45) is 5.92 Å². The Balaban J connectivity index is 1.81. The smallest absolute Gasteiger partial charge is 0.320 e. The molecular weight excluding hydrogens is 263 g/mol. The van der Waals surface area contributed by atoms with Gasteiger partial charge in [0.15, 0.2) is 0 Å². The van der Waals surface area contributed by atoms with Gasteiger partial charge in [0.2, 0.25) is 0 Å². The van der Waals surface area contributed by atoms with E-state index >= 15 is 0 Å². The van der Waals surface area contributed by atoms with E-state index in [0.717, 1.165) is 5.56 Å². The molecule has 1 saturated heterocycles. The molecule has 1 aromatic carbocycles. The fourth-order valence-corrected chi connectivity index (χ4v) is 2.27. The van der Waals surface area contributed by atoms with Crippen molar-refractivity contribution >= 4 is 12.0 Å². The van der Waals surface area contributed by atoms with Gasteiger partial charge in [-0.3, -0.25) is 4.79 Å². The average Bonchev–Trinajstić information content (AvgIpc) is 2.35. The molecule has 2 rings (SSSR count). The maximum Gasteiger partial charge on any atom is 0.320 e. The molecule has 0 aromatic heterocycles. The Bertz CT molecular complexity index is 498. The second kappa shape index (κ2) is 5.90. The summed E-state index contributed by atoms with van der Waals surface area (Å²) >= 11 is 0. The van der Waals surface area contributed by atoms with Crippen molar-refractivity contribution in [3.8, 4) is 0 Å². The molecule has 0 spiro atoms. The van der Waals surface area contributed by atoms with Crippen LogP contribution in [0.15, 0.2) is 24.3 Å². The van der Waals surface area contributed by atoms with Crippen molar-refractivity contribution in [1.82, 2.24) is 9.80 Å². The van der Waals surface area contributed by atoms with E-state index in [1.807, 2.05) is 0 Å². The third-order valence-corrected chi connectivity index (χ3v) is 3.35. The van der Waals surface area contributed by atoms with Crippen molar-refractivity contribution in [2.75, 3.05) is 20.1 Å². The largest absolute Gasteiger partial charge is 0.481 e. The number of aliphatic carboxylic acids is 1. The lowest BCUT2D eigenvalue weighted by Crippen LogP contribution is -2.54. The van der Waals surface area contributed by atoms with Crippen LogP contribution in [-0.4, -0.2) is 47.0 Å². The molecule has 0 atom stereocenters. The highest BCUT2D eigenvalue weighted by Gasteiger charge is 2.33. The Morgan fingerprint density at radius 3 is 2.50 bits per heavy atom. The summed E-state index contributed by atoms with van der Waals surface area (Å²) < 4.78 is 12.8. The van der Waals surface area contributed by atoms with Gasteiger partial charge in [-0.15, -0.1) is 0 Å². The lowest BCUT2D eigenvalue weighted by molar-refractivity contribution is -0.139. The number of likely N-dealkylation sites (tertiary alicyclic amines) is 1. The van der Waals surface area contributed by atoms with Gasteiger partial charge >= 0.3 is 12.0 Å². The molecule has 6 heteroatoms. The number of carboxylic acids is 1. The van der Waals surface area contributed by atoms with Crippen molar-refractivity contribution in [2.45, 2.75) is 13.0 Å². The predicted molar refractivity (Wildman–Crippen MR) is 70.6 cm³/mol. The number of carbonyl (C=O) groups excluding carboxylic acids is 1. The lowest BCUT2D eigenvalue weighted by atomic mass is 9.97. The minimum absolute atomic E-state index is 0.0515. The average molecular weight is 280 g/mol. The highest BCUT2D eigenvalue weighted by atomic mass is 19.1. The number of halogens is 1. The zero-order valence-corrected chi connectivity index (χ0v) is 11.3. The van der Waals surface area contributed by atoms with Crippen LogP contribution in [0.25, 0.3) is 0 Å². The van der Waals surface area contributed by atoms with Crippen molar-refractivity contribution in [3.05, 3.63) is 35.6 Å². The third kappa shape index (κ3) is 3.46. The van der Waals surface area contributed by atoms with E-state index in [0.29, 0.717) is 19.6 Å². The zero-order valence-electron chi connectivity index (χ0n) is 11.3. The molecule has 1 aromatic rings. The Morgan fingerprint density at radius 1 is 1.35 bits per heavy atom. The molecule has 1 fully saturated rings. The van der Waals surface area contributed by atoms with Gasteiger partial charge in [0, 0.05) is 32.6 Å². The predicted octanol–water partition coefficient (Wildman–Crippen LogP) is 1.78. The highest BCUT2D eigenvalue weighted by molar-refractivity contribution is 5.75. The van der Waals surface area contributed by atoms with Gasteiger partial charge in [0.25, 0.3) is 0 Å². The standard InChI is InChI=1S/C14H17FN2O3/c1-16(7-10-2-4-12(15)5-3-10)14(20)17-8-11(9-17)6-13(18)19/h2-5,11H,6-9H2,1H3,(H,18,19). The normalized spacial score (nSPS) is 14.8. The van der Waals surface area contributed by atoms with E-state index in [1.54, 1.807) is 29.0 Å². The summed E-state index contributed by atoms with van der Waals surface area (Å²) in [6, 6.07) is 5.88. The number of hydrogen-bond donors (Lipinski definition) is 1. The maximum absolute atomic E-state index is 12.8. The fraction of sp³-hybridized carbons (Fsp3) is 0.429. The molecule has 2 amide bonds. The molecule has 5 nitrogen and oxygen atoms in total. The lowest BCUT2D eigenvalue weighted by Gasteiger charge is -2.40. The van der Waals surface area contributed by atoms with Gasteiger partial charge in [-0.05, 0) is 17.7 Å². The second-order valence-electron chi connectivity index (χ2n) is 5.13. The van der Waals surface area contributed by atoms with E-state index in [2.05, 4.69) is 0 Å². The van der Waals surface area contributed by atoms with Gasteiger partial charge in [0.1, 0.15) is 5.82 Å². The number of amides is 2. The Kier molecular flexibility index (Phi) is 4.22. The van der Waals surface area contributed by atoms with Crippen LogP contribution >= 0.6 is 0 Å². The summed E-state index contributed by atoms with van der Waals surface area (Å²) in [5.41, 5.74) is 0.852. The molecule has 1 aliphatic rings. The first-order valence-electron chi connectivity index (χ1n) is 6.42. The zero-order chi connectivity index (χ0) is 14.7. The first-order chi connectivity index (χ1) is 9.45. The van der Waals surface area contributed by atoms with E-state index < -0.39 is 5.97 Å². The quantitative estimate of drug-likeness (QED) is 0.914. The minimum atomic E-state index is -0.832. The molecule has 0 aliphatic carbocycles.